The van der Waals surface area contributed by atoms with Gasteiger partial charge in [-0.15, -0.1) is 0 Å². The fraction of sp³-hybridized carbons (Fsp3) is 0.111. The summed E-state index contributed by atoms with van der Waals surface area (Å²) >= 11 is 3.96. The van der Waals surface area contributed by atoms with E-state index in [1.807, 2.05) is 0 Å². The van der Waals surface area contributed by atoms with Crippen LogP contribution in [0.1, 0.15) is 27.0 Å². The number of nitrogens with one attached hydrogen (secondary N) is 1. The molecule has 1 aliphatic heterocycles. The smallest absolute Gasteiger partial charge is 0.416 e. The summed E-state index contributed by atoms with van der Waals surface area (Å²) in [5, 5.41) is 10.6. The quantitative estimate of drug-likeness (QED) is 0.275. The number of amides is 3. The molecule has 0 bridgehead atoms. The number of hydrogen-bond acceptors (Lipinski definition) is 6. The number of ether oxygens (including phenoxy) is 1. The number of alkyl halides is 3. The van der Waals surface area contributed by atoms with Crippen LogP contribution in [0.4, 0.5) is 23.7 Å². The monoisotopic (exact) mass is 634 g/mol. The van der Waals surface area contributed by atoms with Gasteiger partial charge in [0.1, 0.15) is 18.9 Å². The third-order valence-electron chi connectivity index (χ3n) is 5.50. The van der Waals surface area contributed by atoms with Gasteiger partial charge in [0.2, 0.25) is 5.91 Å². The van der Waals surface area contributed by atoms with Gasteiger partial charge in [0.05, 0.1) is 16.0 Å². The lowest BCUT2D eigenvalue weighted by Crippen LogP contribution is -2.36. The van der Waals surface area contributed by atoms with Gasteiger partial charge in [-0.1, -0.05) is 34.1 Å². The Morgan fingerprint density at radius 2 is 1.77 bits per heavy atom. The molecule has 13 heteroatoms. The summed E-state index contributed by atoms with van der Waals surface area (Å²) in [4.78, 5) is 49.6. The molecule has 8 nitrogen and oxygen atoms in total. The molecule has 1 fully saturated rings. The molecular weight excluding hydrogens is 617 g/mol. The molecule has 0 atom stereocenters. The normalized spacial score (nSPS) is 14.5. The van der Waals surface area contributed by atoms with E-state index in [2.05, 4.69) is 21.2 Å². The van der Waals surface area contributed by atoms with Gasteiger partial charge in [-0.05, 0) is 71.9 Å². The van der Waals surface area contributed by atoms with Crippen LogP contribution in [-0.4, -0.2) is 39.6 Å². The Morgan fingerprint density at radius 1 is 1.05 bits per heavy atom. The van der Waals surface area contributed by atoms with Gasteiger partial charge >= 0.3 is 12.1 Å². The van der Waals surface area contributed by atoms with Crippen LogP contribution in [0.3, 0.4) is 0 Å². The van der Waals surface area contributed by atoms with Crippen LogP contribution in [0.2, 0.25) is 0 Å². The highest BCUT2D eigenvalue weighted by molar-refractivity contribution is 9.10. The summed E-state index contributed by atoms with van der Waals surface area (Å²) < 4.78 is 45.3. The number of carbonyl (C=O) groups excluding carboxylic acids is 3. The fourth-order valence-corrected chi connectivity index (χ4v) is 4.77. The van der Waals surface area contributed by atoms with Crippen molar-refractivity contribution in [2.75, 3.05) is 11.9 Å². The van der Waals surface area contributed by atoms with E-state index in [9.17, 15) is 32.3 Å². The van der Waals surface area contributed by atoms with Crippen LogP contribution in [-0.2, 0) is 22.4 Å². The lowest BCUT2D eigenvalue weighted by molar-refractivity contribution is -0.137. The summed E-state index contributed by atoms with van der Waals surface area (Å²) in [5.74, 6) is -2.27. The summed E-state index contributed by atoms with van der Waals surface area (Å²) in [5.41, 5.74) is 0.202. The average molecular weight is 635 g/mol. The second-order valence-corrected chi connectivity index (χ2v) is 10.3. The van der Waals surface area contributed by atoms with E-state index in [-0.39, 0.29) is 22.8 Å². The van der Waals surface area contributed by atoms with Crippen molar-refractivity contribution >= 4 is 62.5 Å². The van der Waals surface area contributed by atoms with Crippen LogP contribution in [0, 0.1) is 0 Å². The minimum absolute atomic E-state index is 0.0191. The minimum Gasteiger partial charge on any atom is -0.488 e. The standard InChI is InChI=1S/C27H18BrF3N2O6S/c28-19-8-9-21(39-14-15-4-6-16(7-5-15)25(36)37)17(10-19)11-22-24(35)33(26(38)40-22)13-23(34)32-20-3-1-2-18(12-20)27(29,30)31/h1-12H,13-14H2,(H,32,34)(H,36,37)/b22-11-. The Morgan fingerprint density at radius 3 is 2.45 bits per heavy atom. The van der Waals surface area contributed by atoms with E-state index < -0.39 is 41.3 Å². The number of hydrogen-bond donors (Lipinski definition) is 2. The highest BCUT2D eigenvalue weighted by atomic mass is 79.9. The van der Waals surface area contributed by atoms with Crippen LogP contribution in [0.5, 0.6) is 5.75 Å². The molecule has 1 heterocycles. The van der Waals surface area contributed by atoms with Crippen molar-refractivity contribution in [2.24, 2.45) is 0 Å². The first-order valence-electron chi connectivity index (χ1n) is 11.4. The number of carboxylic acid groups (broad SMARTS) is 1. The summed E-state index contributed by atoms with van der Waals surface area (Å²) in [6.07, 6.45) is -3.17. The Bertz CT molecular complexity index is 1530. The van der Waals surface area contributed by atoms with Crippen molar-refractivity contribution in [3.8, 4) is 5.75 Å². The number of benzene rings is 3. The van der Waals surface area contributed by atoms with E-state index in [4.69, 9.17) is 9.84 Å². The maximum Gasteiger partial charge on any atom is 0.416 e. The molecule has 4 rings (SSSR count). The van der Waals surface area contributed by atoms with Crippen molar-refractivity contribution in [1.29, 1.82) is 0 Å². The maximum absolute atomic E-state index is 12.9. The number of halogens is 4. The number of rotatable bonds is 8. The van der Waals surface area contributed by atoms with E-state index in [0.29, 0.717) is 38.0 Å². The van der Waals surface area contributed by atoms with E-state index in [1.165, 1.54) is 24.3 Å². The Hall–Kier alpha value is -4.10. The number of nitrogens with zero attached hydrogens (tertiary/aromatic N) is 1. The number of thioether (sulfide) groups is 1. The predicted octanol–water partition coefficient (Wildman–Crippen LogP) is 6.42. The van der Waals surface area contributed by atoms with Gasteiger partial charge in [-0.25, -0.2) is 4.79 Å². The number of carboxylic acids is 1. The first kappa shape index (κ1) is 28.9. The first-order valence-corrected chi connectivity index (χ1v) is 13.0. The highest BCUT2D eigenvalue weighted by Gasteiger charge is 2.37. The van der Waals surface area contributed by atoms with Gasteiger partial charge < -0.3 is 15.2 Å². The van der Waals surface area contributed by atoms with Crippen LogP contribution in [0.15, 0.2) is 76.1 Å². The molecule has 1 saturated heterocycles. The number of aromatic carboxylic acids is 1. The summed E-state index contributed by atoms with van der Waals surface area (Å²) in [7, 11) is 0. The highest BCUT2D eigenvalue weighted by Crippen LogP contribution is 2.35. The van der Waals surface area contributed by atoms with Gasteiger partial charge in [-0.2, -0.15) is 13.2 Å². The lowest BCUT2D eigenvalue weighted by atomic mass is 10.1. The third kappa shape index (κ3) is 7.10. The largest absolute Gasteiger partial charge is 0.488 e. The van der Waals surface area contributed by atoms with Crippen molar-refractivity contribution in [1.82, 2.24) is 4.90 Å². The Labute approximate surface area is 237 Å². The Balaban J connectivity index is 1.46. The Kier molecular flexibility index (Phi) is 8.64. The molecular formula is C27H18BrF3N2O6S. The van der Waals surface area contributed by atoms with Gasteiger partial charge in [0, 0.05) is 15.7 Å². The molecule has 206 valence electrons. The zero-order chi connectivity index (χ0) is 29.0. The number of imide groups is 1. The first-order chi connectivity index (χ1) is 18.9. The van der Waals surface area contributed by atoms with Crippen LogP contribution >= 0.6 is 27.7 Å². The molecule has 2 N–H and O–H groups in total. The van der Waals surface area contributed by atoms with Crippen molar-refractivity contribution in [3.63, 3.8) is 0 Å². The van der Waals surface area contributed by atoms with Crippen molar-refractivity contribution in [2.45, 2.75) is 12.8 Å². The molecule has 1 aliphatic rings. The SMILES string of the molecule is O=C(CN1C(=O)S/C(=C\c2cc(Br)ccc2OCc2ccc(C(=O)O)cc2)C1=O)Nc1cccc(C(F)(F)F)c1. The molecule has 40 heavy (non-hydrogen) atoms. The molecule has 0 unspecified atom stereocenters. The lowest BCUT2D eigenvalue weighted by Gasteiger charge is -2.14. The second-order valence-electron chi connectivity index (χ2n) is 8.37. The van der Waals surface area contributed by atoms with Gasteiger partial charge in [-0.3, -0.25) is 19.3 Å². The number of carbonyl (C=O) groups is 4. The summed E-state index contributed by atoms with van der Waals surface area (Å²) in [6, 6.07) is 15.1. The molecule has 3 aromatic carbocycles. The second kappa shape index (κ2) is 12.0. The summed E-state index contributed by atoms with van der Waals surface area (Å²) in [6.45, 7) is -0.591. The van der Waals surface area contributed by atoms with E-state index in [1.54, 1.807) is 30.3 Å². The molecule has 3 aromatic rings. The molecule has 0 spiro atoms. The average Bonchev–Trinajstić information content (AvgIpc) is 3.15. The molecule has 0 aromatic heterocycles. The third-order valence-corrected chi connectivity index (χ3v) is 6.90. The zero-order valence-electron chi connectivity index (χ0n) is 20.2. The van der Waals surface area contributed by atoms with Crippen LogP contribution < -0.4 is 10.1 Å². The van der Waals surface area contributed by atoms with Gasteiger partial charge in [0.25, 0.3) is 11.1 Å². The molecule has 0 saturated carbocycles. The van der Waals surface area contributed by atoms with E-state index in [0.717, 1.165) is 18.2 Å². The molecule has 0 radical (unpaired) electrons. The fourth-order valence-electron chi connectivity index (χ4n) is 3.56. The maximum atomic E-state index is 12.9. The van der Waals surface area contributed by atoms with Crippen LogP contribution in [0.25, 0.3) is 6.08 Å². The van der Waals surface area contributed by atoms with Crippen molar-refractivity contribution in [3.05, 3.63) is 98.4 Å². The predicted molar refractivity (Wildman–Crippen MR) is 145 cm³/mol. The zero-order valence-corrected chi connectivity index (χ0v) is 22.6. The molecule has 0 aliphatic carbocycles. The van der Waals surface area contributed by atoms with Gasteiger partial charge in [0.15, 0.2) is 0 Å². The minimum atomic E-state index is -4.60. The van der Waals surface area contributed by atoms with Crippen molar-refractivity contribution < 1.29 is 42.2 Å². The topological polar surface area (TPSA) is 113 Å². The number of anilines is 1. The molecule has 3 amide bonds. The van der Waals surface area contributed by atoms with E-state index >= 15 is 0 Å².